The molecular formula is C20H26N4O2. The molecule has 0 N–H and O–H groups in total. The van der Waals surface area contributed by atoms with Gasteiger partial charge in [0.2, 0.25) is 5.91 Å². The zero-order valence-corrected chi connectivity index (χ0v) is 15.5. The molecule has 2 saturated heterocycles. The largest absolute Gasteiger partial charge is 0.362 e. The Balaban J connectivity index is 1.49. The fraction of sp³-hybridized carbons (Fsp3) is 0.500. The number of aryl methyl sites for hydroxylation is 1. The number of benzene rings is 1. The number of amides is 1. The second-order valence-electron chi connectivity index (χ2n) is 7.58. The molecule has 26 heavy (non-hydrogen) atoms. The first kappa shape index (κ1) is 17.2. The third-order valence-electron chi connectivity index (χ3n) is 5.66. The van der Waals surface area contributed by atoms with Crippen LogP contribution in [0.2, 0.25) is 0 Å². The van der Waals surface area contributed by atoms with Gasteiger partial charge in [-0.1, -0.05) is 30.3 Å². The number of carbonyl (C=O) groups is 1. The molecule has 4 rings (SSSR count). The molecule has 2 atom stereocenters. The molecule has 6 nitrogen and oxygen atoms in total. The van der Waals surface area contributed by atoms with E-state index in [4.69, 9.17) is 4.74 Å². The van der Waals surface area contributed by atoms with E-state index in [9.17, 15) is 4.79 Å². The Morgan fingerprint density at radius 1 is 1.27 bits per heavy atom. The van der Waals surface area contributed by atoms with Crippen LogP contribution in [0.4, 0.5) is 0 Å². The highest BCUT2D eigenvalue weighted by Gasteiger charge is 2.48. The molecule has 2 aliphatic heterocycles. The standard InChI is InChI=1S/C20H26N4O2/c1-20-15-23(13-18-21-9-11-22(18)2)10-8-17(20)24(19(25)14-26-20)12-16-6-4-3-5-7-16/h3-7,9,11,17H,8,10,12-15H2,1-2H3/t17-,20-/m1/s1. The number of piperidine rings is 1. The van der Waals surface area contributed by atoms with Gasteiger partial charge in [-0.15, -0.1) is 0 Å². The van der Waals surface area contributed by atoms with Gasteiger partial charge in [0.05, 0.1) is 18.2 Å². The average Bonchev–Trinajstić information content (AvgIpc) is 3.03. The minimum absolute atomic E-state index is 0.0916. The normalized spacial score (nSPS) is 26.8. The second kappa shape index (κ2) is 6.85. The molecule has 0 spiro atoms. The summed E-state index contributed by atoms with van der Waals surface area (Å²) in [6.07, 6.45) is 4.72. The molecule has 6 heteroatoms. The Bertz CT molecular complexity index is 775. The first-order valence-electron chi connectivity index (χ1n) is 9.21. The SMILES string of the molecule is Cn1ccnc1CN1CC[C@H]2N(Cc3ccccc3)C(=O)CO[C@]2(C)C1. The van der Waals surface area contributed by atoms with Gasteiger partial charge in [0.1, 0.15) is 12.4 Å². The first-order chi connectivity index (χ1) is 12.5. The monoisotopic (exact) mass is 354 g/mol. The summed E-state index contributed by atoms with van der Waals surface area (Å²) in [5.74, 6) is 1.15. The van der Waals surface area contributed by atoms with E-state index < -0.39 is 0 Å². The fourth-order valence-corrected chi connectivity index (χ4v) is 4.21. The summed E-state index contributed by atoms with van der Waals surface area (Å²) >= 11 is 0. The Hall–Kier alpha value is -2.18. The Kier molecular flexibility index (Phi) is 4.54. The summed E-state index contributed by atoms with van der Waals surface area (Å²) in [5.41, 5.74) is 0.826. The van der Waals surface area contributed by atoms with E-state index in [1.54, 1.807) is 0 Å². The molecule has 1 aromatic heterocycles. The van der Waals surface area contributed by atoms with Crippen molar-refractivity contribution in [2.24, 2.45) is 7.05 Å². The number of imidazole rings is 1. The van der Waals surface area contributed by atoms with Gasteiger partial charge in [-0.2, -0.15) is 0 Å². The second-order valence-corrected chi connectivity index (χ2v) is 7.58. The van der Waals surface area contributed by atoms with Crippen LogP contribution in [0.3, 0.4) is 0 Å². The molecule has 2 aliphatic rings. The first-order valence-corrected chi connectivity index (χ1v) is 9.21. The minimum atomic E-state index is -0.341. The van der Waals surface area contributed by atoms with E-state index in [1.165, 1.54) is 5.56 Å². The van der Waals surface area contributed by atoms with Crippen LogP contribution < -0.4 is 0 Å². The molecule has 2 aromatic rings. The molecule has 138 valence electrons. The van der Waals surface area contributed by atoms with Gasteiger partial charge < -0.3 is 14.2 Å². The topological polar surface area (TPSA) is 50.6 Å². The van der Waals surface area contributed by atoms with Crippen LogP contribution >= 0.6 is 0 Å². The summed E-state index contributed by atoms with van der Waals surface area (Å²) in [6, 6.07) is 10.3. The summed E-state index contributed by atoms with van der Waals surface area (Å²) < 4.78 is 8.13. The number of hydrogen-bond acceptors (Lipinski definition) is 4. The lowest BCUT2D eigenvalue weighted by atomic mass is 9.85. The van der Waals surface area contributed by atoms with Crippen molar-refractivity contribution < 1.29 is 9.53 Å². The van der Waals surface area contributed by atoms with E-state index in [0.717, 1.165) is 31.9 Å². The molecule has 2 fully saturated rings. The van der Waals surface area contributed by atoms with Gasteiger partial charge in [-0.3, -0.25) is 9.69 Å². The lowest BCUT2D eigenvalue weighted by molar-refractivity contribution is -0.189. The van der Waals surface area contributed by atoms with E-state index >= 15 is 0 Å². The maximum atomic E-state index is 12.6. The van der Waals surface area contributed by atoms with Crippen molar-refractivity contribution in [2.45, 2.75) is 38.1 Å². The van der Waals surface area contributed by atoms with Crippen molar-refractivity contribution in [1.82, 2.24) is 19.4 Å². The molecule has 0 aliphatic carbocycles. The molecule has 1 amide bonds. The highest BCUT2D eigenvalue weighted by Crippen LogP contribution is 2.34. The summed E-state index contributed by atoms with van der Waals surface area (Å²) in [6.45, 7) is 5.52. The van der Waals surface area contributed by atoms with Gasteiger partial charge in [0.25, 0.3) is 0 Å². The number of aromatic nitrogens is 2. The van der Waals surface area contributed by atoms with Crippen LogP contribution in [0.25, 0.3) is 0 Å². The third-order valence-corrected chi connectivity index (χ3v) is 5.66. The van der Waals surface area contributed by atoms with Gasteiger partial charge >= 0.3 is 0 Å². The van der Waals surface area contributed by atoms with Crippen LogP contribution in [0.15, 0.2) is 42.7 Å². The average molecular weight is 354 g/mol. The van der Waals surface area contributed by atoms with Crippen LogP contribution in [0.1, 0.15) is 24.7 Å². The van der Waals surface area contributed by atoms with Crippen molar-refractivity contribution in [2.75, 3.05) is 19.7 Å². The van der Waals surface area contributed by atoms with Gasteiger partial charge in [-0.05, 0) is 18.9 Å². The number of carbonyl (C=O) groups excluding carboxylic acids is 1. The number of likely N-dealkylation sites (tertiary alicyclic amines) is 1. The number of nitrogens with zero attached hydrogens (tertiary/aromatic N) is 4. The van der Waals surface area contributed by atoms with Crippen molar-refractivity contribution in [3.05, 3.63) is 54.1 Å². The van der Waals surface area contributed by atoms with Crippen LogP contribution in [-0.4, -0.2) is 56.6 Å². The van der Waals surface area contributed by atoms with Crippen molar-refractivity contribution >= 4 is 5.91 Å². The van der Waals surface area contributed by atoms with Crippen molar-refractivity contribution in [3.8, 4) is 0 Å². The summed E-state index contributed by atoms with van der Waals surface area (Å²) in [4.78, 5) is 21.4. The molecule has 0 saturated carbocycles. The van der Waals surface area contributed by atoms with Crippen LogP contribution in [-0.2, 0) is 29.7 Å². The number of fused-ring (bicyclic) bond motifs is 1. The van der Waals surface area contributed by atoms with E-state index in [0.29, 0.717) is 6.54 Å². The van der Waals surface area contributed by atoms with Crippen LogP contribution in [0, 0.1) is 0 Å². The molecule has 0 radical (unpaired) electrons. The lowest BCUT2D eigenvalue weighted by Gasteiger charge is -2.53. The van der Waals surface area contributed by atoms with Gasteiger partial charge in [-0.25, -0.2) is 4.98 Å². The smallest absolute Gasteiger partial charge is 0.249 e. The van der Waals surface area contributed by atoms with Crippen LogP contribution in [0.5, 0.6) is 0 Å². The quantitative estimate of drug-likeness (QED) is 0.840. The molecule has 1 aromatic carbocycles. The maximum absolute atomic E-state index is 12.6. The van der Waals surface area contributed by atoms with Gasteiger partial charge in [0, 0.05) is 39.1 Å². The van der Waals surface area contributed by atoms with E-state index in [1.807, 2.05) is 42.5 Å². The third kappa shape index (κ3) is 3.27. The predicted molar refractivity (Wildman–Crippen MR) is 98.2 cm³/mol. The van der Waals surface area contributed by atoms with Crippen molar-refractivity contribution in [3.63, 3.8) is 0 Å². The highest BCUT2D eigenvalue weighted by molar-refractivity contribution is 5.79. The molecule has 0 bridgehead atoms. The fourth-order valence-electron chi connectivity index (χ4n) is 4.21. The number of rotatable bonds is 4. The highest BCUT2D eigenvalue weighted by atomic mass is 16.5. The molecular weight excluding hydrogens is 328 g/mol. The van der Waals surface area contributed by atoms with E-state index in [-0.39, 0.29) is 24.2 Å². The predicted octanol–water partition coefficient (Wildman–Crippen LogP) is 1.81. The summed E-state index contributed by atoms with van der Waals surface area (Å²) in [7, 11) is 2.02. The Labute approximate surface area is 154 Å². The maximum Gasteiger partial charge on any atom is 0.249 e. The number of ether oxygens (including phenoxy) is 1. The zero-order chi connectivity index (χ0) is 18.1. The molecule has 3 heterocycles. The Morgan fingerprint density at radius 3 is 2.81 bits per heavy atom. The van der Waals surface area contributed by atoms with E-state index in [2.05, 4.69) is 33.5 Å². The van der Waals surface area contributed by atoms with Gasteiger partial charge in [0.15, 0.2) is 0 Å². The number of hydrogen-bond donors (Lipinski definition) is 0. The summed E-state index contributed by atoms with van der Waals surface area (Å²) in [5, 5.41) is 0. The number of morpholine rings is 1. The van der Waals surface area contributed by atoms with Crippen molar-refractivity contribution in [1.29, 1.82) is 0 Å². The zero-order valence-electron chi connectivity index (χ0n) is 15.5. The Morgan fingerprint density at radius 2 is 2.08 bits per heavy atom. The molecule has 0 unspecified atom stereocenters. The minimum Gasteiger partial charge on any atom is -0.362 e. The lowest BCUT2D eigenvalue weighted by Crippen LogP contribution is -2.67.